The molecule has 1 aliphatic heterocycles. The summed E-state index contributed by atoms with van der Waals surface area (Å²) in [5, 5.41) is 5.59. The number of rotatable bonds is 4. The second-order valence-electron chi connectivity index (χ2n) is 4.89. The van der Waals surface area contributed by atoms with Crippen molar-refractivity contribution in [2.75, 3.05) is 6.54 Å². The van der Waals surface area contributed by atoms with Gasteiger partial charge in [0.25, 0.3) is 0 Å². The third-order valence-electron chi connectivity index (χ3n) is 3.62. The Morgan fingerprint density at radius 1 is 1.31 bits per heavy atom. The Morgan fingerprint density at radius 2 is 2.12 bits per heavy atom. The van der Waals surface area contributed by atoms with Gasteiger partial charge in [-0.1, -0.05) is 19.3 Å². The van der Waals surface area contributed by atoms with Crippen molar-refractivity contribution in [2.45, 2.75) is 51.0 Å². The Hall–Kier alpha value is -1.06. The van der Waals surface area contributed by atoms with Crippen molar-refractivity contribution in [3.8, 4) is 0 Å². The number of carbonyl (C=O) groups excluding carboxylic acids is 2. The van der Waals surface area contributed by atoms with Crippen molar-refractivity contribution in [1.29, 1.82) is 0 Å². The summed E-state index contributed by atoms with van der Waals surface area (Å²) in [6.45, 7) is 0.743. The lowest BCUT2D eigenvalue weighted by Gasteiger charge is -2.26. The molecule has 2 amide bonds. The summed E-state index contributed by atoms with van der Waals surface area (Å²) < 4.78 is 0. The van der Waals surface area contributed by atoms with Gasteiger partial charge in [-0.3, -0.25) is 9.59 Å². The molecular weight excluding hydrogens is 204 g/mol. The number of nitrogens with one attached hydrogen (secondary N) is 2. The van der Waals surface area contributed by atoms with Crippen LogP contribution in [-0.4, -0.2) is 24.4 Å². The minimum Gasteiger partial charge on any atom is -0.354 e. The Bertz CT molecular complexity index is 274. The van der Waals surface area contributed by atoms with Crippen LogP contribution in [0.3, 0.4) is 0 Å². The standard InChI is InChI=1S/C12H20N2O2/c15-11(7-6-9-3-1-4-9)14-10-5-2-8-13-12(10)16/h9-10H,1-8H2,(H,13,16)(H,14,15). The van der Waals surface area contributed by atoms with E-state index in [2.05, 4.69) is 10.6 Å². The van der Waals surface area contributed by atoms with Crippen LogP contribution in [0.2, 0.25) is 0 Å². The van der Waals surface area contributed by atoms with Gasteiger partial charge in [-0.2, -0.15) is 0 Å². The van der Waals surface area contributed by atoms with Gasteiger partial charge in [-0.25, -0.2) is 0 Å². The van der Waals surface area contributed by atoms with Crippen LogP contribution in [0.15, 0.2) is 0 Å². The van der Waals surface area contributed by atoms with E-state index in [1.165, 1.54) is 19.3 Å². The van der Waals surface area contributed by atoms with Crippen molar-refractivity contribution < 1.29 is 9.59 Å². The molecule has 2 rings (SSSR count). The molecule has 0 aromatic heterocycles. The van der Waals surface area contributed by atoms with Crippen molar-refractivity contribution in [2.24, 2.45) is 5.92 Å². The van der Waals surface area contributed by atoms with Gasteiger partial charge in [0.1, 0.15) is 6.04 Å². The fraction of sp³-hybridized carbons (Fsp3) is 0.833. The fourth-order valence-corrected chi connectivity index (χ4v) is 2.29. The first kappa shape index (κ1) is 11.4. The predicted octanol–water partition coefficient (Wildman–Crippen LogP) is 0.961. The molecule has 1 saturated heterocycles. The summed E-state index contributed by atoms with van der Waals surface area (Å²) in [7, 11) is 0. The van der Waals surface area contributed by atoms with Crippen molar-refractivity contribution in [3.63, 3.8) is 0 Å². The lowest BCUT2D eigenvalue weighted by atomic mass is 9.82. The zero-order chi connectivity index (χ0) is 11.4. The second-order valence-corrected chi connectivity index (χ2v) is 4.89. The van der Waals surface area contributed by atoms with E-state index in [-0.39, 0.29) is 17.9 Å². The van der Waals surface area contributed by atoms with E-state index in [0.29, 0.717) is 6.42 Å². The Kier molecular flexibility index (Phi) is 3.80. The molecule has 1 atom stereocenters. The van der Waals surface area contributed by atoms with Crippen molar-refractivity contribution in [1.82, 2.24) is 10.6 Å². The summed E-state index contributed by atoms with van der Waals surface area (Å²) >= 11 is 0. The van der Waals surface area contributed by atoms with E-state index in [9.17, 15) is 9.59 Å². The summed E-state index contributed by atoms with van der Waals surface area (Å²) in [5.41, 5.74) is 0. The maximum absolute atomic E-state index is 11.6. The van der Waals surface area contributed by atoms with Crippen molar-refractivity contribution in [3.05, 3.63) is 0 Å². The lowest BCUT2D eigenvalue weighted by molar-refractivity contribution is -0.130. The van der Waals surface area contributed by atoms with Gasteiger partial charge in [0.2, 0.25) is 11.8 Å². The van der Waals surface area contributed by atoms with Gasteiger partial charge in [0.15, 0.2) is 0 Å². The van der Waals surface area contributed by atoms with Crippen molar-refractivity contribution >= 4 is 11.8 Å². The first-order valence-electron chi connectivity index (χ1n) is 6.33. The van der Waals surface area contributed by atoms with Gasteiger partial charge in [-0.15, -0.1) is 0 Å². The van der Waals surface area contributed by atoms with Crippen LogP contribution in [-0.2, 0) is 9.59 Å². The molecule has 1 unspecified atom stereocenters. The SMILES string of the molecule is O=C(CCC1CCC1)NC1CCCNC1=O. The first-order chi connectivity index (χ1) is 7.75. The topological polar surface area (TPSA) is 58.2 Å². The molecule has 4 nitrogen and oxygen atoms in total. The third kappa shape index (κ3) is 2.97. The molecule has 0 spiro atoms. The molecule has 1 saturated carbocycles. The lowest BCUT2D eigenvalue weighted by Crippen LogP contribution is -2.50. The monoisotopic (exact) mass is 224 g/mol. The molecule has 2 N–H and O–H groups in total. The largest absolute Gasteiger partial charge is 0.354 e. The van der Waals surface area contributed by atoms with Crippen LogP contribution in [0.4, 0.5) is 0 Å². The zero-order valence-electron chi connectivity index (χ0n) is 9.63. The molecule has 2 fully saturated rings. The molecule has 0 bridgehead atoms. The van der Waals surface area contributed by atoms with E-state index in [0.717, 1.165) is 31.7 Å². The molecule has 1 aliphatic carbocycles. The maximum Gasteiger partial charge on any atom is 0.242 e. The second kappa shape index (κ2) is 5.32. The highest BCUT2D eigenvalue weighted by atomic mass is 16.2. The quantitative estimate of drug-likeness (QED) is 0.747. The number of amides is 2. The normalized spacial score (nSPS) is 25.8. The Balaban J connectivity index is 1.66. The van der Waals surface area contributed by atoms with Crippen LogP contribution < -0.4 is 10.6 Å². The van der Waals surface area contributed by atoms with Crippen LogP contribution in [0.1, 0.15) is 44.9 Å². The number of hydrogen-bond acceptors (Lipinski definition) is 2. The highest BCUT2D eigenvalue weighted by molar-refractivity contribution is 5.88. The maximum atomic E-state index is 11.6. The zero-order valence-corrected chi connectivity index (χ0v) is 9.63. The van der Waals surface area contributed by atoms with Crippen LogP contribution in [0.25, 0.3) is 0 Å². The number of hydrogen-bond donors (Lipinski definition) is 2. The molecule has 2 aliphatic rings. The summed E-state index contributed by atoms with van der Waals surface area (Å²) in [4.78, 5) is 23.0. The minimum absolute atomic E-state index is 0.0248. The summed E-state index contributed by atoms with van der Waals surface area (Å²) in [6, 6.07) is -0.289. The molecule has 0 radical (unpaired) electrons. The van der Waals surface area contributed by atoms with E-state index >= 15 is 0 Å². The van der Waals surface area contributed by atoms with Crippen LogP contribution >= 0.6 is 0 Å². The molecule has 90 valence electrons. The molecule has 0 aromatic rings. The summed E-state index contributed by atoms with van der Waals surface area (Å²) in [5.74, 6) is 0.767. The smallest absolute Gasteiger partial charge is 0.242 e. The minimum atomic E-state index is -0.289. The highest BCUT2D eigenvalue weighted by Crippen LogP contribution is 2.30. The third-order valence-corrected chi connectivity index (χ3v) is 3.62. The Labute approximate surface area is 96.2 Å². The van der Waals surface area contributed by atoms with E-state index in [1.807, 2.05) is 0 Å². The molecule has 16 heavy (non-hydrogen) atoms. The molecular formula is C12H20N2O2. The van der Waals surface area contributed by atoms with E-state index in [4.69, 9.17) is 0 Å². The average molecular weight is 224 g/mol. The van der Waals surface area contributed by atoms with Crippen LogP contribution in [0.5, 0.6) is 0 Å². The Morgan fingerprint density at radius 3 is 2.75 bits per heavy atom. The van der Waals surface area contributed by atoms with Crippen LogP contribution in [0, 0.1) is 5.92 Å². The van der Waals surface area contributed by atoms with Gasteiger partial charge in [-0.05, 0) is 25.2 Å². The predicted molar refractivity (Wildman–Crippen MR) is 60.7 cm³/mol. The number of carbonyl (C=O) groups is 2. The first-order valence-corrected chi connectivity index (χ1v) is 6.33. The van der Waals surface area contributed by atoms with Gasteiger partial charge in [0, 0.05) is 13.0 Å². The molecule has 1 heterocycles. The van der Waals surface area contributed by atoms with E-state index < -0.39 is 0 Å². The highest BCUT2D eigenvalue weighted by Gasteiger charge is 2.24. The van der Waals surface area contributed by atoms with E-state index in [1.54, 1.807) is 0 Å². The average Bonchev–Trinajstić information content (AvgIpc) is 2.19. The van der Waals surface area contributed by atoms with Gasteiger partial charge in [0.05, 0.1) is 0 Å². The van der Waals surface area contributed by atoms with Gasteiger partial charge < -0.3 is 10.6 Å². The van der Waals surface area contributed by atoms with Gasteiger partial charge >= 0.3 is 0 Å². The number of piperidine rings is 1. The summed E-state index contributed by atoms with van der Waals surface area (Å²) in [6.07, 6.45) is 7.17. The molecule has 4 heteroatoms. The molecule has 0 aromatic carbocycles. The fourth-order valence-electron chi connectivity index (χ4n) is 2.29.